The number of halogens is 3. The molecule has 108 valence electrons. The number of aryl methyl sites for hydroxylation is 1. The standard InChI is InChI=1S/C12H14F3N5/c1-8-5-19-20(7-8)3-2-17-10-4-11(12(13,14)15)18-6-9(10)16/h4-7H,2-3,16H2,1H3,(H,17,18). The lowest BCUT2D eigenvalue weighted by atomic mass is 10.2. The maximum atomic E-state index is 12.5. The lowest BCUT2D eigenvalue weighted by Crippen LogP contribution is -2.14. The van der Waals surface area contributed by atoms with Crippen molar-refractivity contribution in [3.8, 4) is 0 Å². The number of alkyl halides is 3. The van der Waals surface area contributed by atoms with Crippen LogP contribution < -0.4 is 11.1 Å². The van der Waals surface area contributed by atoms with Crippen LogP contribution in [-0.4, -0.2) is 21.3 Å². The summed E-state index contributed by atoms with van der Waals surface area (Å²) in [7, 11) is 0. The minimum atomic E-state index is -4.48. The molecule has 0 aliphatic heterocycles. The Morgan fingerprint density at radius 2 is 2.10 bits per heavy atom. The maximum absolute atomic E-state index is 12.5. The molecule has 0 fully saturated rings. The number of hydrogen-bond acceptors (Lipinski definition) is 4. The molecule has 2 rings (SSSR count). The van der Waals surface area contributed by atoms with Crippen molar-refractivity contribution in [2.75, 3.05) is 17.6 Å². The maximum Gasteiger partial charge on any atom is 0.433 e. The van der Waals surface area contributed by atoms with Crippen molar-refractivity contribution in [3.05, 3.63) is 35.9 Å². The van der Waals surface area contributed by atoms with Crippen LogP contribution >= 0.6 is 0 Å². The van der Waals surface area contributed by atoms with E-state index in [1.807, 2.05) is 13.1 Å². The lowest BCUT2D eigenvalue weighted by Gasteiger charge is -2.12. The highest BCUT2D eigenvalue weighted by molar-refractivity contribution is 5.65. The first-order valence-electron chi connectivity index (χ1n) is 5.92. The van der Waals surface area contributed by atoms with Gasteiger partial charge in [0.15, 0.2) is 0 Å². The molecule has 2 heterocycles. The number of nitrogens with zero attached hydrogens (tertiary/aromatic N) is 3. The average Bonchev–Trinajstić information content (AvgIpc) is 2.76. The highest BCUT2D eigenvalue weighted by Gasteiger charge is 2.32. The van der Waals surface area contributed by atoms with Crippen LogP contribution in [0.4, 0.5) is 24.5 Å². The number of hydrogen-bond donors (Lipinski definition) is 2. The smallest absolute Gasteiger partial charge is 0.396 e. The molecule has 0 aliphatic rings. The van der Waals surface area contributed by atoms with Crippen LogP contribution in [0.1, 0.15) is 11.3 Å². The minimum Gasteiger partial charge on any atom is -0.396 e. The molecular formula is C12H14F3N5. The molecular weight excluding hydrogens is 271 g/mol. The Kier molecular flexibility index (Phi) is 3.82. The first-order chi connectivity index (χ1) is 9.36. The summed E-state index contributed by atoms with van der Waals surface area (Å²) < 4.78 is 39.3. The predicted octanol–water partition coefficient (Wildman–Crippen LogP) is 2.30. The molecule has 8 heteroatoms. The Labute approximate surface area is 113 Å². The van der Waals surface area contributed by atoms with Crippen molar-refractivity contribution in [1.29, 1.82) is 0 Å². The molecule has 0 radical (unpaired) electrons. The first kappa shape index (κ1) is 14.2. The summed E-state index contributed by atoms with van der Waals surface area (Å²) in [6.45, 7) is 2.84. The van der Waals surface area contributed by atoms with Crippen molar-refractivity contribution in [2.24, 2.45) is 0 Å². The normalized spacial score (nSPS) is 11.6. The van der Waals surface area contributed by atoms with Gasteiger partial charge < -0.3 is 11.1 Å². The van der Waals surface area contributed by atoms with Gasteiger partial charge in [0.25, 0.3) is 0 Å². The first-order valence-corrected chi connectivity index (χ1v) is 5.92. The Balaban J connectivity index is 2.02. The molecule has 0 unspecified atom stereocenters. The van der Waals surface area contributed by atoms with Gasteiger partial charge in [-0.15, -0.1) is 0 Å². The highest BCUT2D eigenvalue weighted by atomic mass is 19.4. The molecule has 0 amide bonds. The summed E-state index contributed by atoms with van der Waals surface area (Å²) in [6, 6.07) is 0.906. The molecule has 0 bridgehead atoms. The second kappa shape index (κ2) is 5.40. The van der Waals surface area contributed by atoms with E-state index < -0.39 is 11.9 Å². The van der Waals surface area contributed by atoms with Crippen molar-refractivity contribution in [1.82, 2.24) is 14.8 Å². The van der Waals surface area contributed by atoms with Crippen molar-refractivity contribution in [3.63, 3.8) is 0 Å². The van der Waals surface area contributed by atoms with Crippen molar-refractivity contribution in [2.45, 2.75) is 19.6 Å². The van der Waals surface area contributed by atoms with Crippen LogP contribution in [0.3, 0.4) is 0 Å². The predicted molar refractivity (Wildman–Crippen MR) is 69.1 cm³/mol. The topological polar surface area (TPSA) is 68.8 Å². The van der Waals surface area contributed by atoms with E-state index in [2.05, 4.69) is 15.4 Å². The van der Waals surface area contributed by atoms with Crippen LogP contribution in [0.25, 0.3) is 0 Å². The van der Waals surface area contributed by atoms with E-state index in [0.717, 1.165) is 17.8 Å². The lowest BCUT2D eigenvalue weighted by molar-refractivity contribution is -0.141. The summed E-state index contributed by atoms with van der Waals surface area (Å²) >= 11 is 0. The number of nitrogen functional groups attached to an aromatic ring is 1. The minimum absolute atomic E-state index is 0.176. The molecule has 0 saturated carbocycles. The molecule has 0 atom stereocenters. The zero-order valence-electron chi connectivity index (χ0n) is 10.8. The second-order valence-corrected chi connectivity index (χ2v) is 4.36. The number of rotatable bonds is 4. The van der Waals surface area contributed by atoms with Gasteiger partial charge >= 0.3 is 6.18 Å². The van der Waals surface area contributed by atoms with Gasteiger partial charge in [-0.05, 0) is 18.6 Å². The summed E-state index contributed by atoms with van der Waals surface area (Å²) in [4.78, 5) is 3.27. The third kappa shape index (κ3) is 3.40. The fourth-order valence-electron chi connectivity index (χ4n) is 1.67. The monoisotopic (exact) mass is 285 g/mol. The van der Waals surface area contributed by atoms with Crippen LogP contribution in [0.5, 0.6) is 0 Å². The SMILES string of the molecule is Cc1cnn(CCNc2cc(C(F)(F)F)ncc2N)c1. The summed E-state index contributed by atoms with van der Waals surface area (Å²) in [6.07, 6.45) is 0.0771. The van der Waals surface area contributed by atoms with E-state index in [0.29, 0.717) is 13.1 Å². The molecule has 3 N–H and O–H groups in total. The third-order valence-corrected chi connectivity index (χ3v) is 2.64. The number of nitrogens with two attached hydrogens (primary N) is 1. The Morgan fingerprint density at radius 3 is 2.70 bits per heavy atom. The Hall–Kier alpha value is -2.25. The highest BCUT2D eigenvalue weighted by Crippen LogP contribution is 2.30. The molecule has 2 aromatic rings. The van der Waals surface area contributed by atoms with Crippen LogP contribution in [0.2, 0.25) is 0 Å². The van der Waals surface area contributed by atoms with Gasteiger partial charge in [-0.25, -0.2) is 4.98 Å². The van der Waals surface area contributed by atoms with E-state index >= 15 is 0 Å². The van der Waals surface area contributed by atoms with E-state index in [9.17, 15) is 13.2 Å². The van der Waals surface area contributed by atoms with Gasteiger partial charge in [0, 0.05) is 12.7 Å². The summed E-state index contributed by atoms with van der Waals surface area (Å²) in [5, 5.41) is 6.94. The van der Waals surface area contributed by atoms with Gasteiger partial charge in [0.2, 0.25) is 0 Å². The quantitative estimate of drug-likeness (QED) is 0.904. The van der Waals surface area contributed by atoms with Crippen LogP contribution in [0.15, 0.2) is 24.7 Å². The Bertz CT molecular complexity index is 591. The van der Waals surface area contributed by atoms with E-state index in [1.165, 1.54) is 0 Å². The van der Waals surface area contributed by atoms with Gasteiger partial charge in [-0.2, -0.15) is 18.3 Å². The molecule has 0 aliphatic carbocycles. The molecule has 0 saturated heterocycles. The number of nitrogens with one attached hydrogen (secondary N) is 1. The number of anilines is 2. The van der Waals surface area contributed by atoms with Crippen LogP contribution in [0, 0.1) is 6.92 Å². The van der Waals surface area contributed by atoms with Crippen molar-refractivity contribution < 1.29 is 13.2 Å². The van der Waals surface area contributed by atoms with E-state index in [-0.39, 0.29) is 11.4 Å². The average molecular weight is 285 g/mol. The van der Waals surface area contributed by atoms with E-state index in [4.69, 9.17) is 5.73 Å². The fourth-order valence-corrected chi connectivity index (χ4v) is 1.67. The molecule has 5 nitrogen and oxygen atoms in total. The van der Waals surface area contributed by atoms with Gasteiger partial charge in [0.1, 0.15) is 5.69 Å². The molecule has 0 spiro atoms. The zero-order valence-corrected chi connectivity index (χ0v) is 10.8. The third-order valence-electron chi connectivity index (χ3n) is 2.64. The van der Waals surface area contributed by atoms with Gasteiger partial charge in [-0.3, -0.25) is 4.68 Å². The summed E-state index contributed by atoms with van der Waals surface area (Å²) in [5.74, 6) is 0. The van der Waals surface area contributed by atoms with Gasteiger partial charge in [0.05, 0.1) is 30.3 Å². The largest absolute Gasteiger partial charge is 0.433 e. The number of pyridine rings is 1. The Morgan fingerprint density at radius 1 is 1.35 bits per heavy atom. The van der Waals surface area contributed by atoms with Crippen molar-refractivity contribution >= 4 is 11.4 Å². The second-order valence-electron chi connectivity index (χ2n) is 4.36. The van der Waals surface area contributed by atoms with E-state index in [1.54, 1.807) is 10.9 Å². The van der Waals surface area contributed by atoms with Crippen LogP contribution in [-0.2, 0) is 12.7 Å². The molecule has 2 aromatic heterocycles. The summed E-state index contributed by atoms with van der Waals surface area (Å²) in [5.41, 5.74) is 6.05. The molecule has 20 heavy (non-hydrogen) atoms. The zero-order chi connectivity index (χ0) is 14.8. The number of aromatic nitrogens is 3. The molecule has 0 aromatic carbocycles. The van der Waals surface area contributed by atoms with Gasteiger partial charge in [-0.1, -0.05) is 0 Å². The fraction of sp³-hybridized carbons (Fsp3) is 0.333.